The van der Waals surface area contributed by atoms with Crippen LogP contribution in [-0.4, -0.2) is 34.9 Å². The first-order valence-electron chi connectivity index (χ1n) is 9.09. The highest BCUT2D eigenvalue weighted by Gasteiger charge is 2.18. The lowest BCUT2D eigenvalue weighted by Crippen LogP contribution is -2.24. The Bertz CT molecular complexity index is 1160. The predicted octanol–water partition coefficient (Wildman–Crippen LogP) is 4.51. The molecule has 0 saturated heterocycles. The van der Waals surface area contributed by atoms with Crippen LogP contribution in [0.2, 0.25) is 10.2 Å². The van der Waals surface area contributed by atoms with E-state index in [1.54, 1.807) is 12.1 Å². The monoisotopic (exact) mass is 461 g/mol. The molecule has 2 aromatic carbocycles. The van der Waals surface area contributed by atoms with Gasteiger partial charge in [-0.15, -0.1) is 0 Å². The van der Waals surface area contributed by atoms with Crippen molar-refractivity contribution in [3.8, 4) is 17.6 Å². The summed E-state index contributed by atoms with van der Waals surface area (Å²) < 4.78 is 20.8. The van der Waals surface area contributed by atoms with E-state index in [2.05, 4.69) is 21.4 Å². The molecule has 0 aliphatic heterocycles. The summed E-state index contributed by atoms with van der Waals surface area (Å²) in [5, 5.41) is 11.9. The van der Waals surface area contributed by atoms with Gasteiger partial charge in [0.15, 0.2) is 16.7 Å². The number of nitriles is 1. The van der Waals surface area contributed by atoms with E-state index in [0.717, 1.165) is 5.56 Å². The molecule has 0 saturated carbocycles. The summed E-state index contributed by atoms with van der Waals surface area (Å²) in [5.41, 5.74) is 1.45. The van der Waals surface area contributed by atoms with Gasteiger partial charge >= 0.3 is 0 Å². The summed E-state index contributed by atoms with van der Waals surface area (Å²) >= 11 is 12.0. The van der Waals surface area contributed by atoms with Crippen molar-refractivity contribution < 1.29 is 13.9 Å². The van der Waals surface area contributed by atoms with E-state index in [1.807, 2.05) is 19.0 Å². The normalized spacial score (nSPS) is 10.7. The highest BCUT2D eigenvalue weighted by molar-refractivity contribution is 6.32. The third kappa shape index (κ3) is 5.52. The van der Waals surface area contributed by atoms with Crippen LogP contribution in [0.4, 0.5) is 4.39 Å². The summed E-state index contributed by atoms with van der Waals surface area (Å²) in [5.74, 6) is -1.17. The molecule has 0 spiro atoms. The molecule has 3 aromatic rings. The van der Waals surface area contributed by atoms with Gasteiger partial charge in [-0.1, -0.05) is 29.3 Å². The lowest BCUT2D eigenvalue weighted by atomic mass is 10.1. The first-order valence-corrected chi connectivity index (χ1v) is 9.84. The molecule has 31 heavy (non-hydrogen) atoms. The van der Waals surface area contributed by atoms with E-state index in [-0.39, 0.29) is 39.5 Å². The van der Waals surface area contributed by atoms with Crippen molar-refractivity contribution in [3.63, 3.8) is 0 Å². The van der Waals surface area contributed by atoms with Crippen molar-refractivity contribution in [1.82, 2.24) is 20.2 Å². The van der Waals surface area contributed by atoms with E-state index in [1.165, 1.54) is 24.5 Å². The number of nitrogens with one attached hydrogen (secondary N) is 2. The minimum atomic E-state index is -0.722. The highest BCUT2D eigenvalue weighted by Crippen LogP contribution is 2.34. The molecule has 0 radical (unpaired) electrons. The summed E-state index contributed by atoms with van der Waals surface area (Å²) in [6, 6.07) is 9.94. The number of nitrogens with zero attached hydrogens (tertiary/aromatic N) is 3. The zero-order valence-electron chi connectivity index (χ0n) is 16.7. The molecule has 7 nitrogen and oxygen atoms in total. The average Bonchev–Trinajstić information content (AvgIpc) is 3.15. The molecule has 2 N–H and O–H groups in total. The number of ether oxygens (including phenoxy) is 1. The number of imidazole rings is 1. The van der Waals surface area contributed by atoms with Gasteiger partial charge < -0.3 is 19.9 Å². The molecule has 0 bridgehead atoms. The summed E-state index contributed by atoms with van der Waals surface area (Å²) in [7, 11) is 3.79. The minimum absolute atomic E-state index is 0.0176. The van der Waals surface area contributed by atoms with E-state index < -0.39 is 11.7 Å². The van der Waals surface area contributed by atoms with Crippen LogP contribution in [-0.2, 0) is 13.1 Å². The van der Waals surface area contributed by atoms with E-state index in [0.29, 0.717) is 12.1 Å². The smallest absolute Gasteiger partial charge is 0.271 e. The number of carbonyl (C=O) groups excluding carboxylic acids is 1. The Morgan fingerprint density at radius 1 is 1.32 bits per heavy atom. The molecule has 160 valence electrons. The number of amides is 1. The number of hydrogen-bond donors (Lipinski definition) is 2. The van der Waals surface area contributed by atoms with Gasteiger partial charge in [-0.05, 0) is 43.9 Å². The maximum Gasteiger partial charge on any atom is 0.271 e. The molecule has 0 fully saturated rings. The van der Waals surface area contributed by atoms with Crippen LogP contribution in [0.5, 0.6) is 11.5 Å². The third-order valence-electron chi connectivity index (χ3n) is 4.20. The second-order valence-electron chi connectivity index (χ2n) is 6.92. The predicted molar refractivity (Wildman–Crippen MR) is 115 cm³/mol. The molecule has 0 aliphatic rings. The Morgan fingerprint density at radius 3 is 2.74 bits per heavy atom. The van der Waals surface area contributed by atoms with Gasteiger partial charge in [-0.2, -0.15) is 5.26 Å². The van der Waals surface area contributed by atoms with Crippen LogP contribution in [0.3, 0.4) is 0 Å². The summed E-state index contributed by atoms with van der Waals surface area (Å²) in [6.07, 6.45) is 1.28. The zero-order chi connectivity index (χ0) is 22.5. The van der Waals surface area contributed by atoms with Crippen molar-refractivity contribution in [2.75, 3.05) is 14.1 Å². The van der Waals surface area contributed by atoms with Gasteiger partial charge in [-0.3, -0.25) is 4.79 Å². The molecule has 0 atom stereocenters. The van der Waals surface area contributed by atoms with Gasteiger partial charge in [-0.25, -0.2) is 9.37 Å². The van der Waals surface area contributed by atoms with Crippen LogP contribution in [0, 0.1) is 17.1 Å². The largest absolute Gasteiger partial charge is 0.453 e. The second-order valence-corrected chi connectivity index (χ2v) is 7.68. The van der Waals surface area contributed by atoms with Crippen LogP contribution in [0.25, 0.3) is 0 Å². The minimum Gasteiger partial charge on any atom is -0.453 e. The molecule has 1 heterocycles. The molecule has 10 heteroatoms. The summed E-state index contributed by atoms with van der Waals surface area (Å²) in [6.45, 7) is 0.446. The SMILES string of the molecule is CN(C)Cc1cc(C#N)cc(Oc2c(Cl)ccc(CNC(=O)c3[nH]cnc3Cl)c2F)c1. The molecule has 0 unspecified atom stereocenters. The third-order valence-corrected chi connectivity index (χ3v) is 4.79. The van der Waals surface area contributed by atoms with Crippen molar-refractivity contribution >= 4 is 29.1 Å². The Morgan fingerprint density at radius 2 is 2.10 bits per heavy atom. The maximum atomic E-state index is 15.1. The topological polar surface area (TPSA) is 94.0 Å². The van der Waals surface area contributed by atoms with E-state index in [9.17, 15) is 10.1 Å². The lowest BCUT2D eigenvalue weighted by molar-refractivity contribution is 0.0946. The van der Waals surface area contributed by atoms with Crippen LogP contribution < -0.4 is 10.1 Å². The Labute approximate surface area is 188 Å². The van der Waals surface area contributed by atoms with Gasteiger partial charge in [0.1, 0.15) is 11.4 Å². The highest BCUT2D eigenvalue weighted by atomic mass is 35.5. The molecule has 1 amide bonds. The van der Waals surface area contributed by atoms with Gasteiger partial charge in [0.25, 0.3) is 5.91 Å². The van der Waals surface area contributed by atoms with Crippen molar-refractivity contribution in [2.24, 2.45) is 0 Å². The standard InChI is InChI=1S/C21H18Cl2FN5O2/c1-29(2)10-13-5-12(8-25)6-15(7-13)31-19-16(22)4-3-14(17(19)24)9-26-21(30)18-20(23)28-11-27-18/h3-7,11H,9-10H2,1-2H3,(H,26,30)(H,27,28). The zero-order valence-corrected chi connectivity index (χ0v) is 18.2. The molecular weight excluding hydrogens is 444 g/mol. The molecule has 0 aliphatic carbocycles. The Balaban J connectivity index is 1.83. The number of aromatic amines is 1. The first-order chi connectivity index (χ1) is 14.8. The number of benzene rings is 2. The quantitative estimate of drug-likeness (QED) is 0.539. The van der Waals surface area contributed by atoms with Crippen molar-refractivity contribution in [3.05, 3.63) is 75.0 Å². The van der Waals surface area contributed by atoms with Gasteiger partial charge in [0.2, 0.25) is 0 Å². The number of halogens is 3. The van der Waals surface area contributed by atoms with Crippen molar-refractivity contribution in [1.29, 1.82) is 5.26 Å². The van der Waals surface area contributed by atoms with Crippen LogP contribution in [0.1, 0.15) is 27.2 Å². The fraction of sp³-hybridized carbons (Fsp3) is 0.190. The number of aromatic nitrogens is 2. The number of rotatable bonds is 7. The number of carbonyl (C=O) groups is 1. The first kappa shape index (κ1) is 22.6. The Hall–Kier alpha value is -3.12. The second kappa shape index (κ2) is 9.79. The van der Waals surface area contributed by atoms with E-state index in [4.69, 9.17) is 27.9 Å². The average molecular weight is 462 g/mol. The van der Waals surface area contributed by atoms with Gasteiger partial charge in [0, 0.05) is 18.7 Å². The lowest BCUT2D eigenvalue weighted by Gasteiger charge is -2.15. The fourth-order valence-electron chi connectivity index (χ4n) is 2.86. The van der Waals surface area contributed by atoms with E-state index >= 15 is 4.39 Å². The van der Waals surface area contributed by atoms with Gasteiger partial charge in [0.05, 0.1) is 23.0 Å². The fourth-order valence-corrected chi connectivity index (χ4v) is 3.24. The van der Waals surface area contributed by atoms with Crippen LogP contribution in [0.15, 0.2) is 36.7 Å². The van der Waals surface area contributed by atoms with Crippen LogP contribution >= 0.6 is 23.2 Å². The van der Waals surface area contributed by atoms with Crippen molar-refractivity contribution in [2.45, 2.75) is 13.1 Å². The maximum absolute atomic E-state index is 15.1. The molecular formula is C21H18Cl2FN5O2. The number of hydrogen-bond acceptors (Lipinski definition) is 5. The Kier molecular flexibility index (Phi) is 7.13. The number of H-pyrrole nitrogens is 1. The molecule has 1 aromatic heterocycles. The molecule has 3 rings (SSSR count). The summed E-state index contributed by atoms with van der Waals surface area (Å²) in [4.78, 5) is 20.5.